The van der Waals surface area contributed by atoms with Crippen molar-refractivity contribution in [3.05, 3.63) is 46.6 Å². The molecule has 0 saturated carbocycles. The number of hydrogen-bond donors (Lipinski definition) is 2. The van der Waals surface area contributed by atoms with Gasteiger partial charge in [-0.25, -0.2) is 23.5 Å². The smallest absolute Gasteiger partial charge is 0.419 e. The molecule has 2 heterocycles. The van der Waals surface area contributed by atoms with E-state index in [2.05, 4.69) is 20.6 Å². The molecule has 2 N–H and O–H groups in total. The predicted octanol–water partition coefficient (Wildman–Crippen LogP) is 6.02. The Kier molecular flexibility index (Phi) is 8.50. The molecule has 40 heavy (non-hydrogen) atoms. The minimum atomic E-state index is -0.841. The van der Waals surface area contributed by atoms with E-state index in [1.165, 1.54) is 29.1 Å². The van der Waals surface area contributed by atoms with Crippen molar-refractivity contribution < 1.29 is 28.2 Å². The molecule has 0 fully saturated rings. The van der Waals surface area contributed by atoms with Gasteiger partial charge in [-0.15, -0.1) is 0 Å². The van der Waals surface area contributed by atoms with Crippen molar-refractivity contribution in [3.8, 4) is 11.4 Å². The van der Waals surface area contributed by atoms with E-state index in [4.69, 9.17) is 21.1 Å². The number of alkyl carbamates (subject to hydrolysis) is 1. The lowest BCUT2D eigenvalue weighted by atomic mass is 10.1. The second-order valence-electron chi connectivity index (χ2n) is 12.1. The average molecular weight is 576 g/mol. The first-order chi connectivity index (χ1) is 18.3. The van der Waals surface area contributed by atoms with Crippen molar-refractivity contribution in [2.24, 2.45) is 0 Å². The Balaban J connectivity index is 1.96. The standard InChI is InChI=1S/C28H35ClFN5O5/c1-15-16-10-18(30)17(29)11-21(16)35(25(38)40-27(5,6)7)22(15)19-12-31-13-20(33-19)23(36)32-14-28(8,9)34-24(37)39-26(2,3)4/h10-13H,14H2,1-9H3,(H,32,36)(H,34,37). The number of nitrogens with one attached hydrogen (secondary N) is 2. The third-order valence-electron chi connectivity index (χ3n) is 5.48. The molecule has 10 nitrogen and oxygen atoms in total. The molecule has 0 aliphatic rings. The number of aryl methyl sites for hydroxylation is 1. The maximum Gasteiger partial charge on any atom is 0.419 e. The van der Waals surface area contributed by atoms with Crippen molar-refractivity contribution in [1.82, 2.24) is 25.2 Å². The number of hydrogen-bond acceptors (Lipinski definition) is 7. The molecular formula is C28H35ClFN5O5. The zero-order valence-corrected chi connectivity index (χ0v) is 24.9. The molecule has 1 aromatic carbocycles. The van der Waals surface area contributed by atoms with Crippen LogP contribution in [0.4, 0.5) is 14.0 Å². The highest BCUT2D eigenvalue weighted by Crippen LogP contribution is 2.35. The fourth-order valence-electron chi connectivity index (χ4n) is 3.85. The van der Waals surface area contributed by atoms with E-state index in [1.54, 1.807) is 62.3 Å². The second-order valence-corrected chi connectivity index (χ2v) is 12.5. The van der Waals surface area contributed by atoms with Crippen molar-refractivity contribution in [3.63, 3.8) is 0 Å². The summed E-state index contributed by atoms with van der Waals surface area (Å²) in [6, 6.07) is 2.58. The third kappa shape index (κ3) is 7.47. The lowest BCUT2D eigenvalue weighted by molar-refractivity contribution is 0.0467. The number of fused-ring (bicyclic) bond motifs is 1. The molecule has 0 aliphatic carbocycles. The first kappa shape index (κ1) is 30.8. The molecule has 3 aromatic rings. The number of amides is 2. The van der Waals surface area contributed by atoms with Gasteiger partial charge in [0.05, 0.1) is 34.2 Å². The Bertz CT molecular complexity index is 1470. The Hall–Kier alpha value is -3.73. The molecule has 0 bridgehead atoms. The Morgan fingerprint density at radius 1 is 1.00 bits per heavy atom. The molecule has 0 saturated heterocycles. The quantitative estimate of drug-likeness (QED) is 0.381. The summed E-state index contributed by atoms with van der Waals surface area (Å²) in [7, 11) is 0. The Morgan fingerprint density at radius 3 is 2.23 bits per heavy atom. The molecule has 12 heteroatoms. The Morgan fingerprint density at radius 2 is 1.62 bits per heavy atom. The van der Waals surface area contributed by atoms with Crippen molar-refractivity contribution in [1.29, 1.82) is 0 Å². The predicted molar refractivity (Wildman–Crippen MR) is 150 cm³/mol. The number of halogens is 2. The van der Waals surface area contributed by atoms with E-state index in [0.717, 1.165) is 0 Å². The largest absolute Gasteiger partial charge is 0.444 e. The van der Waals surface area contributed by atoms with Crippen LogP contribution in [0.15, 0.2) is 24.5 Å². The summed E-state index contributed by atoms with van der Waals surface area (Å²) < 4.78 is 26.5. The van der Waals surface area contributed by atoms with E-state index >= 15 is 0 Å². The van der Waals surface area contributed by atoms with Crippen LogP contribution in [-0.4, -0.2) is 55.9 Å². The lowest BCUT2D eigenvalue weighted by Gasteiger charge is -2.28. The fourth-order valence-corrected chi connectivity index (χ4v) is 4.00. The van der Waals surface area contributed by atoms with Crippen molar-refractivity contribution in [2.45, 2.75) is 79.1 Å². The Labute approximate surface area is 237 Å². The molecule has 2 amide bonds. The molecule has 0 aliphatic heterocycles. The van der Waals surface area contributed by atoms with Crippen LogP contribution in [0.25, 0.3) is 22.3 Å². The van der Waals surface area contributed by atoms with Gasteiger partial charge in [-0.05, 0) is 80.0 Å². The highest BCUT2D eigenvalue weighted by atomic mass is 35.5. The minimum Gasteiger partial charge on any atom is -0.444 e. The second kappa shape index (κ2) is 11.0. The van der Waals surface area contributed by atoms with Crippen molar-refractivity contribution >= 4 is 40.6 Å². The van der Waals surface area contributed by atoms with E-state index in [1.807, 2.05) is 0 Å². The highest BCUT2D eigenvalue weighted by molar-refractivity contribution is 6.31. The van der Waals surface area contributed by atoms with Gasteiger partial charge in [0.1, 0.15) is 28.4 Å². The normalized spacial score (nSPS) is 12.3. The summed E-state index contributed by atoms with van der Waals surface area (Å²) in [5.41, 5.74) is -1.06. The fraction of sp³-hybridized carbons (Fsp3) is 0.464. The summed E-state index contributed by atoms with van der Waals surface area (Å²) in [5, 5.41) is 5.71. The molecule has 0 spiro atoms. The van der Waals surface area contributed by atoms with Gasteiger partial charge < -0.3 is 20.1 Å². The van der Waals surface area contributed by atoms with Crippen LogP contribution in [0.1, 0.15) is 71.4 Å². The first-order valence-corrected chi connectivity index (χ1v) is 13.0. The number of carbonyl (C=O) groups excluding carboxylic acids is 3. The summed E-state index contributed by atoms with van der Waals surface area (Å²) in [5.74, 6) is -1.20. The minimum absolute atomic E-state index is 0.0322. The van der Waals surface area contributed by atoms with E-state index in [-0.39, 0.29) is 28.6 Å². The molecule has 0 atom stereocenters. The zero-order valence-electron chi connectivity index (χ0n) is 24.2. The van der Waals surface area contributed by atoms with Crippen molar-refractivity contribution in [2.75, 3.05) is 6.54 Å². The summed E-state index contributed by atoms with van der Waals surface area (Å²) in [4.78, 5) is 47.1. The lowest BCUT2D eigenvalue weighted by Crippen LogP contribution is -2.52. The van der Waals surface area contributed by atoms with Crippen LogP contribution in [-0.2, 0) is 9.47 Å². The third-order valence-corrected chi connectivity index (χ3v) is 5.77. The topological polar surface area (TPSA) is 124 Å². The molecule has 3 rings (SSSR count). The van der Waals surface area contributed by atoms with Crippen LogP contribution in [0.3, 0.4) is 0 Å². The van der Waals surface area contributed by atoms with Gasteiger partial charge in [-0.2, -0.15) is 0 Å². The van der Waals surface area contributed by atoms with Crippen LogP contribution in [0.5, 0.6) is 0 Å². The highest BCUT2D eigenvalue weighted by Gasteiger charge is 2.28. The molecule has 2 aromatic heterocycles. The van der Waals surface area contributed by atoms with E-state index < -0.39 is 40.7 Å². The average Bonchev–Trinajstić information content (AvgIpc) is 3.06. The summed E-state index contributed by atoms with van der Waals surface area (Å²) in [6.45, 7) is 15.6. The van der Waals surface area contributed by atoms with Gasteiger partial charge in [0, 0.05) is 11.9 Å². The number of rotatable bonds is 5. The van der Waals surface area contributed by atoms with E-state index in [0.29, 0.717) is 16.5 Å². The van der Waals surface area contributed by atoms with Gasteiger partial charge in [-0.3, -0.25) is 9.78 Å². The molecule has 216 valence electrons. The number of benzene rings is 1. The van der Waals surface area contributed by atoms with Gasteiger partial charge in [-0.1, -0.05) is 11.6 Å². The molecular weight excluding hydrogens is 541 g/mol. The van der Waals surface area contributed by atoms with Gasteiger partial charge in [0.15, 0.2) is 0 Å². The number of carbonyl (C=O) groups is 3. The first-order valence-electron chi connectivity index (χ1n) is 12.6. The summed E-state index contributed by atoms with van der Waals surface area (Å²) in [6.07, 6.45) is 1.33. The van der Waals surface area contributed by atoms with E-state index in [9.17, 15) is 18.8 Å². The number of nitrogens with zero attached hydrogens (tertiary/aromatic N) is 3. The maximum atomic E-state index is 14.4. The maximum absolute atomic E-state index is 14.4. The van der Waals surface area contributed by atoms with Crippen LogP contribution in [0.2, 0.25) is 5.02 Å². The van der Waals surface area contributed by atoms with Gasteiger partial charge in [0.2, 0.25) is 0 Å². The number of ether oxygens (including phenoxy) is 2. The zero-order chi connectivity index (χ0) is 30.2. The molecule has 0 unspecified atom stereocenters. The van der Waals surface area contributed by atoms with Crippen LogP contribution in [0, 0.1) is 12.7 Å². The van der Waals surface area contributed by atoms with Crippen LogP contribution < -0.4 is 10.6 Å². The number of aromatic nitrogens is 3. The SMILES string of the molecule is Cc1c(-c2cncc(C(=O)NCC(C)(C)NC(=O)OC(C)(C)C)n2)n(C(=O)OC(C)(C)C)c2cc(Cl)c(F)cc12. The monoisotopic (exact) mass is 575 g/mol. The van der Waals surface area contributed by atoms with Gasteiger partial charge in [0.25, 0.3) is 5.91 Å². The molecule has 0 radical (unpaired) electrons. The van der Waals surface area contributed by atoms with Gasteiger partial charge >= 0.3 is 12.2 Å². The van der Waals surface area contributed by atoms with Crippen LogP contribution >= 0.6 is 11.6 Å². The summed E-state index contributed by atoms with van der Waals surface area (Å²) >= 11 is 6.05.